The minimum atomic E-state index is 0.629. The number of nitrogen functional groups attached to an aromatic ring is 1. The van der Waals surface area contributed by atoms with Gasteiger partial charge in [0.25, 0.3) is 0 Å². The van der Waals surface area contributed by atoms with Crippen molar-refractivity contribution in [2.24, 2.45) is 0 Å². The van der Waals surface area contributed by atoms with Crippen LogP contribution in [0, 0.1) is 6.92 Å². The van der Waals surface area contributed by atoms with Gasteiger partial charge in [-0.2, -0.15) is 5.10 Å². The van der Waals surface area contributed by atoms with Crippen molar-refractivity contribution in [1.29, 1.82) is 0 Å². The Balaban J connectivity index is 1.53. The zero-order valence-electron chi connectivity index (χ0n) is 15.4. The topological polar surface area (TPSA) is 92.5 Å². The first-order valence-electron chi connectivity index (χ1n) is 9.29. The molecule has 0 radical (unpaired) electrons. The number of aromatic nitrogens is 4. The quantitative estimate of drug-likeness (QED) is 0.328. The highest BCUT2D eigenvalue weighted by molar-refractivity contribution is 7.99. The molecule has 4 N–H and O–H groups in total. The second kappa shape index (κ2) is 6.83. The first-order chi connectivity index (χ1) is 13.7. The zero-order valence-corrected chi connectivity index (χ0v) is 16.3. The van der Waals surface area contributed by atoms with Gasteiger partial charge in [-0.3, -0.25) is 5.10 Å². The number of rotatable bonds is 5. The largest absolute Gasteiger partial charge is 0.399 e. The van der Waals surface area contributed by atoms with Gasteiger partial charge in [-0.05, 0) is 67.4 Å². The van der Waals surface area contributed by atoms with Crippen LogP contribution in [0.2, 0.25) is 0 Å². The van der Waals surface area contributed by atoms with Crippen LogP contribution in [0.3, 0.4) is 0 Å². The minimum absolute atomic E-state index is 0.629. The zero-order chi connectivity index (χ0) is 19.1. The molecule has 2 heterocycles. The molecule has 7 heteroatoms. The molecule has 140 valence electrons. The summed E-state index contributed by atoms with van der Waals surface area (Å²) in [7, 11) is 0. The van der Waals surface area contributed by atoms with E-state index in [4.69, 9.17) is 15.7 Å². The summed E-state index contributed by atoms with van der Waals surface area (Å²) in [5, 5.41) is 12.6. The number of anilines is 3. The van der Waals surface area contributed by atoms with Crippen molar-refractivity contribution < 1.29 is 0 Å². The van der Waals surface area contributed by atoms with Gasteiger partial charge in [0.2, 0.25) is 0 Å². The minimum Gasteiger partial charge on any atom is -0.399 e. The lowest BCUT2D eigenvalue weighted by atomic mass is 10.1. The number of para-hydroxylation sites is 1. The van der Waals surface area contributed by atoms with Gasteiger partial charge < -0.3 is 11.1 Å². The normalized spacial score (nSPS) is 13.8. The molecule has 6 nitrogen and oxygen atoms in total. The number of aryl methyl sites for hydroxylation is 1. The van der Waals surface area contributed by atoms with Crippen LogP contribution < -0.4 is 11.1 Å². The predicted octanol–water partition coefficient (Wildman–Crippen LogP) is 5.02. The Labute approximate surface area is 167 Å². The summed E-state index contributed by atoms with van der Waals surface area (Å²) < 4.78 is 0. The van der Waals surface area contributed by atoms with Crippen molar-refractivity contribution in [2.45, 2.75) is 35.7 Å². The number of hydrogen-bond acceptors (Lipinski definition) is 6. The molecule has 4 aromatic rings. The maximum Gasteiger partial charge on any atom is 0.195 e. The second-order valence-corrected chi connectivity index (χ2v) is 8.15. The Morgan fingerprint density at radius 2 is 1.93 bits per heavy atom. The lowest BCUT2D eigenvalue weighted by Gasteiger charge is -2.10. The number of benzene rings is 2. The van der Waals surface area contributed by atoms with Crippen molar-refractivity contribution in [3.63, 3.8) is 0 Å². The molecule has 1 fully saturated rings. The fourth-order valence-corrected chi connectivity index (χ4v) is 3.94. The SMILES string of the molecule is Cc1cccc2c(Nc3cc(C4CC4)[nH]n3)nc(Sc3ccc(N)cc3)nc12. The molecular formula is C21H20N6S. The number of H-pyrrole nitrogens is 1. The van der Waals surface area contributed by atoms with E-state index in [2.05, 4.69) is 34.6 Å². The average Bonchev–Trinajstić information content (AvgIpc) is 3.44. The monoisotopic (exact) mass is 388 g/mol. The van der Waals surface area contributed by atoms with Crippen molar-refractivity contribution in [3.8, 4) is 0 Å². The first-order valence-corrected chi connectivity index (χ1v) is 10.1. The van der Waals surface area contributed by atoms with Crippen LogP contribution in [-0.2, 0) is 0 Å². The maximum atomic E-state index is 5.79. The predicted molar refractivity (Wildman–Crippen MR) is 113 cm³/mol. The van der Waals surface area contributed by atoms with E-state index in [1.807, 2.05) is 36.4 Å². The Bertz CT molecular complexity index is 1150. The van der Waals surface area contributed by atoms with Gasteiger partial charge in [-0.25, -0.2) is 9.97 Å². The van der Waals surface area contributed by atoms with Gasteiger partial charge in [-0.15, -0.1) is 0 Å². The standard InChI is InChI=1S/C21H20N6S/c1-12-3-2-4-16-19(12)24-21(28-15-9-7-14(22)8-10-15)25-20(16)23-18-11-17(26-27-18)13-5-6-13/h2-4,7-11,13H,5-6,22H2,1H3,(H2,23,24,25,26,27). The highest BCUT2D eigenvalue weighted by Gasteiger charge is 2.25. The van der Waals surface area contributed by atoms with Crippen LogP contribution in [0.25, 0.3) is 10.9 Å². The average molecular weight is 389 g/mol. The van der Waals surface area contributed by atoms with E-state index in [1.165, 1.54) is 30.3 Å². The molecule has 1 saturated carbocycles. The van der Waals surface area contributed by atoms with Crippen LogP contribution in [-0.4, -0.2) is 20.2 Å². The summed E-state index contributed by atoms with van der Waals surface area (Å²) in [5.74, 6) is 2.18. The van der Waals surface area contributed by atoms with Crippen molar-refractivity contribution in [1.82, 2.24) is 20.2 Å². The summed E-state index contributed by atoms with van der Waals surface area (Å²) in [6, 6.07) is 15.9. The molecule has 2 aromatic heterocycles. The molecule has 0 aliphatic heterocycles. The van der Waals surface area contributed by atoms with Gasteiger partial charge in [-0.1, -0.05) is 12.1 Å². The van der Waals surface area contributed by atoms with E-state index in [9.17, 15) is 0 Å². The van der Waals surface area contributed by atoms with E-state index in [0.717, 1.165) is 38.7 Å². The fraction of sp³-hybridized carbons (Fsp3) is 0.190. The molecule has 0 spiro atoms. The Kier molecular flexibility index (Phi) is 4.16. The number of aromatic amines is 1. The third-order valence-corrected chi connectivity index (χ3v) is 5.73. The molecule has 1 aliphatic carbocycles. The van der Waals surface area contributed by atoms with Crippen molar-refractivity contribution >= 4 is 40.0 Å². The number of fused-ring (bicyclic) bond motifs is 1. The van der Waals surface area contributed by atoms with E-state index >= 15 is 0 Å². The smallest absolute Gasteiger partial charge is 0.195 e. The van der Waals surface area contributed by atoms with Crippen LogP contribution in [0.15, 0.2) is 58.6 Å². The van der Waals surface area contributed by atoms with Crippen LogP contribution in [0.1, 0.15) is 30.0 Å². The van der Waals surface area contributed by atoms with Crippen LogP contribution in [0.5, 0.6) is 0 Å². The third kappa shape index (κ3) is 3.41. The highest BCUT2D eigenvalue weighted by Crippen LogP contribution is 2.40. The summed E-state index contributed by atoms with van der Waals surface area (Å²) in [5.41, 5.74) is 9.78. The molecule has 1 aliphatic rings. The van der Waals surface area contributed by atoms with Gasteiger partial charge >= 0.3 is 0 Å². The molecule has 0 unspecified atom stereocenters. The number of nitrogens with two attached hydrogens (primary N) is 1. The van der Waals surface area contributed by atoms with E-state index in [-0.39, 0.29) is 0 Å². The lowest BCUT2D eigenvalue weighted by molar-refractivity contribution is 0.964. The highest BCUT2D eigenvalue weighted by atomic mass is 32.2. The third-order valence-electron chi connectivity index (χ3n) is 4.86. The molecule has 0 amide bonds. The molecule has 28 heavy (non-hydrogen) atoms. The van der Waals surface area contributed by atoms with Gasteiger partial charge in [0.1, 0.15) is 5.82 Å². The second-order valence-electron chi connectivity index (χ2n) is 7.10. The molecule has 5 rings (SSSR count). The van der Waals surface area contributed by atoms with E-state index < -0.39 is 0 Å². The molecular weight excluding hydrogens is 368 g/mol. The molecule has 0 saturated heterocycles. The summed E-state index contributed by atoms with van der Waals surface area (Å²) in [6.45, 7) is 2.07. The number of nitrogens with zero attached hydrogens (tertiary/aromatic N) is 3. The van der Waals surface area contributed by atoms with E-state index in [1.54, 1.807) is 0 Å². The van der Waals surface area contributed by atoms with Crippen LogP contribution in [0.4, 0.5) is 17.3 Å². The summed E-state index contributed by atoms with van der Waals surface area (Å²) in [6.07, 6.45) is 2.47. The summed E-state index contributed by atoms with van der Waals surface area (Å²) in [4.78, 5) is 10.6. The Hall–Kier alpha value is -3.06. The Morgan fingerprint density at radius 3 is 2.71 bits per heavy atom. The fourth-order valence-electron chi connectivity index (χ4n) is 3.18. The van der Waals surface area contributed by atoms with Crippen LogP contribution >= 0.6 is 11.8 Å². The first kappa shape index (κ1) is 17.1. The van der Waals surface area contributed by atoms with Gasteiger partial charge in [0.05, 0.1) is 5.52 Å². The van der Waals surface area contributed by atoms with Gasteiger partial charge in [0, 0.05) is 33.6 Å². The number of nitrogens with one attached hydrogen (secondary N) is 2. The maximum absolute atomic E-state index is 5.79. The molecule has 2 aromatic carbocycles. The number of hydrogen-bond donors (Lipinski definition) is 3. The Morgan fingerprint density at radius 1 is 1.11 bits per heavy atom. The van der Waals surface area contributed by atoms with Crippen molar-refractivity contribution in [2.75, 3.05) is 11.1 Å². The summed E-state index contributed by atoms with van der Waals surface area (Å²) >= 11 is 1.52. The molecule has 0 atom stereocenters. The van der Waals surface area contributed by atoms with E-state index in [0.29, 0.717) is 11.1 Å². The van der Waals surface area contributed by atoms with Gasteiger partial charge in [0.15, 0.2) is 11.0 Å². The van der Waals surface area contributed by atoms with Crippen molar-refractivity contribution in [3.05, 3.63) is 59.8 Å². The lowest BCUT2D eigenvalue weighted by Crippen LogP contribution is -2.00. The molecule has 0 bridgehead atoms.